The first-order valence-corrected chi connectivity index (χ1v) is 4.25. The van der Waals surface area contributed by atoms with E-state index in [2.05, 4.69) is 4.98 Å². The molecule has 13 heavy (non-hydrogen) atoms. The average Bonchev–Trinajstić information content (AvgIpc) is 2.43. The smallest absolute Gasteiger partial charge is 0.177 e. The van der Waals surface area contributed by atoms with Crippen molar-refractivity contribution >= 4 is 0 Å². The number of nitrogens with zero attached hydrogens (tertiary/aromatic N) is 1. The Morgan fingerprint density at radius 1 is 1.69 bits per heavy atom. The van der Waals surface area contributed by atoms with E-state index in [4.69, 9.17) is 10.5 Å². The third-order valence-corrected chi connectivity index (χ3v) is 2.36. The molecule has 0 aliphatic carbocycles. The first kappa shape index (κ1) is 8.44. The second kappa shape index (κ2) is 2.96. The van der Waals surface area contributed by atoms with Gasteiger partial charge in [0.2, 0.25) is 0 Å². The summed E-state index contributed by atoms with van der Waals surface area (Å²) in [6.45, 7) is 2.31. The van der Waals surface area contributed by atoms with E-state index in [1.165, 1.54) is 12.3 Å². The van der Waals surface area contributed by atoms with Crippen LogP contribution in [-0.2, 0) is 0 Å². The highest BCUT2D eigenvalue weighted by atomic mass is 19.1. The fourth-order valence-corrected chi connectivity index (χ4v) is 1.61. The van der Waals surface area contributed by atoms with Gasteiger partial charge in [0.25, 0.3) is 0 Å². The lowest BCUT2D eigenvalue weighted by molar-refractivity contribution is 0.220. The molecule has 70 valence electrons. The molecule has 0 fully saturated rings. The van der Waals surface area contributed by atoms with Gasteiger partial charge in [0, 0.05) is 12.7 Å². The number of hydrogen-bond acceptors (Lipinski definition) is 3. The van der Waals surface area contributed by atoms with Crippen LogP contribution in [0.2, 0.25) is 0 Å². The maximum Gasteiger partial charge on any atom is 0.177 e. The van der Waals surface area contributed by atoms with Gasteiger partial charge in [0.15, 0.2) is 11.6 Å². The summed E-state index contributed by atoms with van der Waals surface area (Å²) in [6.07, 6.45) is 1.36. The van der Waals surface area contributed by atoms with E-state index in [0.29, 0.717) is 12.2 Å². The number of aromatic nitrogens is 1. The molecule has 1 aliphatic rings. The van der Waals surface area contributed by atoms with Crippen LogP contribution in [0.25, 0.3) is 0 Å². The summed E-state index contributed by atoms with van der Waals surface area (Å²) in [4.78, 5) is 4.08. The Bertz CT molecular complexity index is 329. The molecule has 4 heteroatoms. The van der Waals surface area contributed by atoms with Crippen LogP contribution >= 0.6 is 0 Å². The number of ether oxygens (including phenoxy) is 1. The van der Waals surface area contributed by atoms with Crippen LogP contribution < -0.4 is 10.5 Å². The summed E-state index contributed by atoms with van der Waals surface area (Å²) in [5, 5.41) is 0. The topological polar surface area (TPSA) is 48.1 Å². The van der Waals surface area contributed by atoms with Crippen LogP contribution in [0.15, 0.2) is 12.3 Å². The predicted molar refractivity (Wildman–Crippen MR) is 46.1 cm³/mol. The summed E-state index contributed by atoms with van der Waals surface area (Å²) in [5.74, 6) is -0.0658. The van der Waals surface area contributed by atoms with E-state index in [-0.39, 0.29) is 23.6 Å². The number of pyridine rings is 1. The fourth-order valence-electron chi connectivity index (χ4n) is 1.61. The first-order chi connectivity index (χ1) is 6.24. The standard InChI is InChI=1S/C9H11FN2O/c1-5-6(4-11)8-9(13-5)7(10)2-3-12-8/h2-3,5-6H,4,11H2,1H3/t5-,6-/m1/s1. The molecule has 0 radical (unpaired) electrons. The number of rotatable bonds is 1. The average molecular weight is 182 g/mol. The van der Waals surface area contributed by atoms with Gasteiger partial charge in [0.1, 0.15) is 6.10 Å². The quantitative estimate of drug-likeness (QED) is 0.706. The Kier molecular flexibility index (Phi) is 1.92. The summed E-state index contributed by atoms with van der Waals surface area (Å²) >= 11 is 0. The molecule has 2 rings (SSSR count). The SMILES string of the molecule is C[C@H]1Oc2c(F)ccnc2[C@@H]1CN. The van der Waals surface area contributed by atoms with Crippen LogP contribution in [-0.4, -0.2) is 17.6 Å². The summed E-state index contributed by atoms with van der Waals surface area (Å²) in [7, 11) is 0. The zero-order chi connectivity index (χ0) is 9.42. The van der Waals surface area contributed by atoms with Crippen molar-refractivity contribution in [2.45, 2.75) is 18.9 Å². The van der Waals surface area contributed by atoms with E-state index in [9.17, 15) is 4.39 Å². The second-order valence-electron chi connectivity index (χ2n) is 3.17. The molecule has 0 unspecified atom stereocenters. The molecule has 0 aromatic carbocycles. The maximum absolute atomic E-state index is 13.2. The minimum Gasteiger partial charge on any atom is -0.485 e. The van der Waals surface area contributed by atoms with Crippen molar-refractivity contribution in [3.8, 4) is 5.75 Å². The second-order valence-corrected chi connectivity index (χ2v) is 3.17. The van der Waals surface area contributed by atoms with Crippen molar-refractivity contribution in [1.82, 2.24) is 4.98 Å². The Morgan fingerprint density at radius 3 is 3.15 bits per heavy atom. The molecule has 3 nitrogen and oxygen atoms in total. The zero-order valence-electron chi connectivity index (χ0n) is 7.33. The van der Waals surface area contributed by atoms with Crippen LogP contribution in [0, 0.1) is 5.82 Å². The summed E-state index contributed by atoms with van der Waals surface area (Å²) < 4.78 is 18.5. The van der Waals surface area contributed by atoms with Gasteiger partial charge in [-0.15, -0.1) is 0 Å². The molecule has 2 atom stereocenters. The van der Waals surface area contributed by atoms with E-state index in [1.54, 1.807) is 0 Å². The third kappa shape index (κ3) is 1.18. The summed E-state index contributed by atoms with van der Waals surface area (Å²) in [6, 6.07) is 1.30. The lowest BCUT2D eigenvalue weighted by atomic mass is 10.0. The molecule has 2 N–H and O–H groups in total. The van der Waals surface area contributed by atoms with Crippen molar-refractivity contribution in [3.63, 3.8) is 0 Å². The maximum atomic E-state index is 13.2. The monoisotopic (exact) mass is 182 g/mol. The largest absolute Gasteiger partial charge is 0.485 e. The van der Waals surface area contributed by atoms with Crippen LogP contribution in [0.5, 0.6) is 5.75 Å². The Morgan fingerprint density at radius 2 is 2.46 bits per heavy atom. The molecule has 1 aromatic heterocycles. The van der Waals surface area contributed by atoms with E-state index < -0.39 is 0 Å². The molecule has 0 spiro atoms. The minimum atomic E-state index is -0.354. The van der Waals surface area contributed by atoms with Gasteiger partial charge in [-0.2, -0.15) is 0 Å². The van der Waals surface area contributed by atoms with Gasteiger partial charge >= 0.3 is 0 Å². The molecule has 0 saturated heterocycles. The molecule has 1 aliphatic heterocycles. The predicted octanol–water partition coefficient (Wildman–Crippen LogP) is 1.04. The molecular formula is C9H11FN2O. The third-order valence-electron chi connectivity index (χ3n) is 2.36. The van der Waals surface area contributed by atoms with Gasteiger partial charge in [0.05, 0.1) is 11.6 Å². The van der Waals surface area contributed by atoms with Crippen molar-refractivity contribution in [2.75, 3.05) is 6.54 Å². The van der Waals surface area contributed by atoms with Crippen molar-refractivity contribution in [2.24, 2.45) is 5.73 Å². The molecular weight excluding hydrogens is 171 g/mol. The van der Waals surface area contributed by atoms with Gasteiger partial charge in [-0.1, -0.05) is 0 Å². The molecule has 0 saturated carbocycles. The minimum absolute atomic E-state index is 0.0192. The number of fused-ring (bicyclic) bond motifs is 1. The van der Waals surface area contributed by atoms with Gasteiger partial charge < -0.3 is 10.5 Å². The Balaban J connectivity index is 2.48. The van der Waals surface area contributed by atoms with E-state index in [0.717, 1.165) is 0 Å². The van der Waals surface area contributed by atoms with Gasteiger partial charge in [-0.3, -0.25) is 4.98 Å². The van der Waals surface area contributed by atoms with Crippen LogP contribution in [0.3, 0.4) is 0 Å². The van der Waals surface area contributed by atoms with Gasteiger partial charge in [-0.05, 0) is 13.0 Å². The lowest BCUT2D eigenvalue weighted by Crippen LogP contribution is -2.22. The zero-order valence-corrected chi connectivity index (χ0v) is 7.33. The molecule has 1 aromatic rings. The first-order valence-electron chi connectivity index (χ1n) is 4.25. The van der Waals surface area contributed by atoms with Crippen molar-refractivity contribution in [1.29, 1.82) is 0 Å². The van der Waals surface area contributed by atoms with Crippen molar-refractivity contribution in [3.05, 3.63) is 23.8 Å². The van der Waals surface area contributed by atoms with Crippen molar-refractivity contribution < 1.29 is 9.13 Å². The fraction of sp³-hybridized carbons (Fsp3) is 0.444. The normalized spacial score (nSPS) is 25.5. The van der Waals surface area contributed by atoms with E-state index >= 15 is 0 Å². The highest BCUT2D eigenvalue weighted by Crippen LogP contribution is 2.37. The highest BCUT2D eigenvalue weighted by molar-refractivity contribution is 5.36. The number of halogens is 1. The number of nitrogens with two attached hydrogens (primary N) is 1. The molecule has 0 amide bonds. The molecule has 2 heterocycles. The van der Waals surface area contributed by atoms with Crippen LogP contribution in [0.1, 0.15) is 18.5 Å². The molecule has 0 bridgehead atoms. The Labute approximate surface area is 75.7 Å². The summed E-state index contributed by atoms with van der Waals surface area (Å²) in [5.41, 5.74) is 6.19. The van der Waals surface area contributed by atoms with E-state index in [1.807, 2.05) is 6.92 Å². The Hall–Kier alpha value is -1.16. The lowest BCUT2D eigenvalue weighted by Gasteiger charge is -2.10. The number of hydrogen-bond donors (Lipinski definition) is 1. The van der Waals surface area contributed by atoms with Gasteiger partial charge in [-0.25, -0.2) is 4.39 Å². The highest BCUT2D eigenvalue weighted by Gasteiger charge is 2.33. The van der Waals surface area contributed by atoms with Crippen LogP contribution in [0.4, 0.5) is 4.39 Å².